The number of rotatable bonds is 7. The van der Waals surface area contributed by atoms with E-state index in [0.717, 1.165) is 33.3 Å². The minimum Gasteiger partial charge on any atom is -0.489 e. The third kappa shape index (κ3) is 4.64. The van der Waals surface area contributed by atoms with Gasteiger partial charge in [0.1, 0.15) is 12.4 Å². The number of thiazole rings is 1. The van der Waals surface area contributed by atoms with Crippen LogP contribution in [0.25, 0.3) is 11.3 Å². The van der Waals surface area contributed by atoms with Crippen molar-refractivity contribution in [3.63, 3.8) is 0 Å². The summed E-state index contributed by atoms with van der Waals surface area (Å²) in [5, 5.41) is 7.13. The molecule has 0 fully saturated rings. The lowest BCUT2D eigenvalue weighted by atomic mass is 10.1. The second kappa shape index (κ2) is 8.97. The summed E-state index contributed by atoms with van der Waals surface area (Å²) in [5.74, 6) is 0.851. The molecule has 4 aromatic rings. The predicted molar refractivity (Wildman–Crippen MR) is 116 cm³/mol. The average Bonchev–Trinajstić information content (AvgIpc) is 3.23. The molecule has 0 saturated carbocycles. The van der Waals surface area contributed by atoms with Gasteiger partial charge in [-0.05, 0) is 17.7 Å². The largest absolute Gasteiger partial charge is 0.489 e. The summed E-state index contributed by atoms with van der Waals surface area (Å²) in [6, 6.07) is 28.0. The number of ether oxygens (including phenoxy) is 1. The van der Waals surface area contributed by atoms with Crippen LogP contribution in [0.15, 0.2) is 95.4 Å². The highest BCUT2D eigenvalue weighted by Gasteiger charge is 2.04. The molecule has 0 amide bonds. The third-order valence-corrected chi connectivity index (χ3v) is 4.88. The maximum Gasteiger partial charge on any atom is 0.203 e. The van der Waals surface area contributed by atoms with E-state index in [1.807, 2.05) is 90.3 Å². The Morgan fingerprint density at radius 3 is 2.43 bits per heavy atom. The molecule has 0 aliphatic carbocycles. The predicted octanol–water partition coefficient (Wildman–Crippen LogP) is 5.84. The maximum absolute atomic E-state index is 5.86. The topological polar surface area (TPSA) is 46.5 Å². The Morgan fingerprint density at radius 2 is 1.61 bits per heavy atom. The molecule has 0 aliphatic heterocycles. The van der Waals surface area contributed by atoms with Gasteiger partial charge >= 0.3 is 0 Å². The molecule has 1 heterocycles. The average molecular weight is 385 g/mol. The number of hydrogen-bond acceptors (Lipinski definition) is 5. The number of hydrazone groups is 1. The first-order valence-corrected chi connectivity index (χ1v) is 9.82. The molecule has 28 heavy (non-hydrogen) atoms. The zero-order chi connectivity index (χ0) is 19.0. The normalized spacial score (nSPS) is 10.9. The van der Waals surface area contributed by atoms with Gasteiger partial charge in [0.15, 0.2) is 0 Å². The summed E-state index contributed by atoms with van der Waals surface area (Å²) >= 11 is 1.53. The highest BCUT2D eigenvalue weighted by molar-refractivity contribution is 7.14. The van der Waals surface area contributed by atoms with Crippen molar-refractivity contribution < 1.29 is 4.74 Å². The Kier molecular flexibility index (Phi) is 5.75. The quantitative estimate of drug-likeness (QED) is 0.321. The van der Waals surface area contributed by atoms with Gasteiger partial charge in [-0.15, -0.1) is 11.3 Å². The lowest BCUT2D eigenvalue weighted by Crippen LogP contribution is -2.00. The monoisotopic (exact) mass is 385 g/mol. The Hall–Kier alpha value is -3.44. The first-order chi connectivity index (χ1) is 13.9. The number of aromatic nitrogens is 1. The van der Waals surface area contributed by atoms with Crippen LogP contribution in [0.1, 0.15) is 11.1 Å². The molecular formula is C23H19N3OS. The Morgan fingerprint density at radius 1 is 0.893 bits per heavy atom. The van der Waals surface area contributed by atoms with Gasteiger partial charge in [-0.3, -0.25) is 5.43 Å². The second-order valence-electron chi connectivity index (χ2n) is 6.07. The minimum absolute atomic E-state index is 0.488. The summed E-state index contributed by atoms with van der Waals surface area (Å²) in [4.78, 5) is 4.58. The molecule has 0 atom stereocenters. The van der Waals surface area contributed by atoms with Crippen LogP contribution in [0.5, 0.6) is 5.75 Å². The number of hydrogen-bond donors (Lipinski definition) is 1. The number of benzene rings is 3. The molecule has 1 aromatic heterocycles. The molecular weight excluding hydrogens is 366 g/mol. The highest BCUT2D eigenvalue weighted by Crippen LogP contribution is 2.24. The molecule has 5 heteroatoms. The number of para-hydroxylation sites is 1. The molecule has 0 spiro atoms. The zero-order valence-electron chi connectivity index (χ0n) is 15.2. The van der Waals surface area contributed by atoms with Gasteiger partial charge in [0.2, 0.25) is 5.13 Å². The van der Waals surface area contributed by atoms with Gasteiger partial charge in [-0.2, -0.15) is 5.10 Å². The van der Waals surface area contributed by atoms with Crippen LogP contribution in [-0.4, -0.2) is 11.2 Å². The number of anilines is 1. The molecule has 1 N–H and O–H groups in total. The van der Waals surface area contributed by atoms with Gasteiger partial charge in [0.05, 0.1) is 11.9 Å². The van der Waals surface area contributed by atoms with Crippen LogP contribution < -0.4 is 10.2 Å². The van der Waals surface area contributed by atoms with Crippen molar-refractivity contribution in [2.75, 3.05) is 5.43 Å². The molecule has 0 radical (unpaired) electrons. The van der Waals surface area contributed by atoms with Crippen molar-refractivity contribution in [1.29, 1.82) is 0 Å². The summed E-state index contributed by atoms with van der Waals surface area (Å²) in [5.41, 5.74) is 7.14. The summed E-state index contributed by atoms with van der Waals surface area (Å²) < 4.78 is 5.86. The fraction of sp³-hybridized carbons (Fsp3) is 0.0435. The molecule has 0 unspecified atom stereocenters. The molecule has 0 aliphatic rings. The molecule has 0 saturated heterocycles. The summed E-state index contributed by atoms with van der Waals surface area (Å²) in [6.45, 7) is 0.488. The van der Waals surface area contributed by atoms with Gasteiger partial charge < -0.3 is 4.74 Å². The van der Waals surface area contributed by atoms with Crippen molar-refractivity contribution in [2.24, 2.45) is 5.10 Å². The maximum atomic E-state index is 5.86. The Balaban J connectivity index is 1.40. The lowest BCUT2D eigenvalue weighted by Gasteiger charge is -2.08. The van der Waals surface area contributed by atoms with Gasteiger partial charge in [0.25, 0.3) is 0 Å². The van der Waals surface area contributed by atoms with Crippen LogP contribution in [0.4, 0.5) is 5.13 Å². The number of nitrogens with one attached hydrogen (secondary N) is 1. The van der Waals surface area contributed by atoms with E-state index in [9.17, 15) is 0 Å². The van der Waals surface area contributed by atoms with E-state index in [4.69, 9.17) is 4.74 Å². The van der Waals surface area contributed by atoms with E-state index in [0.29, 0.717) is 6.61 Å². The molecule has 4 nitrogen and oxygen atoms in total. The standard InChI is InChI=1S/C23H19N3OS/c1-3-9-18(10-4-1)22-17-28-23(25-22)26-24-15-19-11-7-8-12-20(19)16-27-21-13-5-2-6-14-21/h1-15,17H,16H2,(H,25,26). The van der Waals surface area contributed by atoms with E-state index in [-0.39, 0.29) is 0 Å². The first-order valence-electron chi connectivity index (χ1n) is 8.94. The van der Waals surface area contributed by atoms with Crippen molar-refractivity contribution in [2.45, 2.75) is 6.61 Å². The molecule has 138 valence electrons. The van der Waals surface area contributed by atoms with Gasteiger partial charge in [-0.1, -0.05) is 72.8 Å². The van der Waals surface area contributed by atoms with Crippen LogP contribution >= 0.6 is 11.3 Å². The second-order valence-corrected chi connectivity index (χ2v) is 6.93. The molecule has 4 rings (SSSR count). The van der Waals surface area contributed by atoms with E-state index < -0.39 is 0 Å². The fourth-order valence-corrected chi connectivity index (χ4v) is 3.36. The van der Waals surface area contributed by atoms with Crippen molar-refractivity contribution in [1.82, 2.24) is 4.98 Å². The highest BCUT2D eigenvalue weighted by atomic mass is 32.1. The van der Waals surface area contributed by atoms with E-state index in [1.54, 1.807) is 6.21 Å². The summed E-state index contributed by atoms with van der Waals surface area (Å²) in [6.07, 6.45) is 1.80. The van der Waals surface area contributed by atoms with Crippen molar-refractivity contribution in [3.8, 4) is 17.0 Å². The molecule has 0 bridgehead atoms. The van der Waals surface area contributed by atoms with E-state index in [2.05, 4.69) is 15.5 Å². The van der Waals surface area contributed by atoms with E-state index in [1.165, 1.54) is 11.3 Å². The SMILES string of the molecule is C(=NNc1nc(-c2ccccc2)cs1)c1ccccc1COc1ccccc1. The van der Waals surface area contributed by atoms with Crippen LogP contribution in [0.3, 0.4) is 0 Å². The number of nitrogens with zero attached hydrogens (tertiary/aromatic N) is 2. The van der Waals surface area contributed by atoms with Crippen LogP contribution in [-0.2, 0) is 6.61 Å². The van der Waals surface area contributed by atoms with Gasteiger partial charge in [0, 0.05) is 16.5 Å². The van der Waals surface area contributed by atoms with E-state index >= 15 is 0 Å². The first kappa shape index (κ1) is 17.9. The Labute approximate surface area is 168 Å². The van der Waals surface area contributed by atoms with Gasteiger partial charge in [-0.25, -0.2) is 4.98 Å². The zero-order valence-corrected chi connectivity index (χ0v) is 16.0. The minimum atomic E-state index is 0.488. The Bertz CT molecular complexity index is 1050. The lowest BCUT2D eigenvalue weighted by molar-refractivity contribution is 0.306. The van der Waals surface area contributed by atoms with Crippen molar-refractivity contribution in [3.05, 3.63) is 101 Å². The fourth-order valence-electron chi connectivity index (χ4n) is 2.69. The third-order valence-electron chi connectivity index (χ3n) is 4.13. The smallest absolute Gasteiger partial charge is 0.203 e. The van der Waals surface area contributed by atoms with Crippen LogP contribution in [0.2, 0.25) is 0 Å². The summed E-state index contributed by atoms with van der Waals surface area (Å²) in [7, 11) is 0. The van der Waals surface area contributed by atoms with Crippen molar-refractivity contribution >= 4 is 22.7 Å². The molecule has 3 aromatic carbocycles. The van der Waals surface area contributed by atoms with Crippen LogP contribution in [0, 0.1) is 0 Å².